The minimum absolute atomic E-state index is 0.125. The number of halogens is 1. The highest BCUT2D eigenvalue weighted by atomic mass is 19.1. The molecule has 1 fully saturated rings. The van der Waals surface area contributed by atoms with Crippen LogP contribution in [-0.2, 0) is 4.79 Å². The lowest BCUT2D eigenvalue weighted by Crippen LogP contribution is -2.27. The van der Waals surface area contributed by atoms with Crippen LogP contribution in [0.1, 0.15) is 0 Å². The van der Waals surface area contributed by atoms with E-state index in [0.717, 1.165) is 0 Å². The van der Waals surface area contributed by atoms with Crippen molar-refractivity contribution in [3.05, 3.63) is 0 Å². The van der Waals surface area contributed by atoms with Crippen LogP contribution in [0.15, 0.2) is 0 Å². The van der Waals surface area contributed by atoms with E-state index in [1.165, 1.54) is 12.2 Å². The topological polar surface area (TPSA) is 40.5 Å². The van der Waals surface area contributed by atoms with Gasteiger partial charge in [0.05, 0.1) is 12.3 Å². The van der Waals surface area contributed by atoms with Gasteiger partial charge in [-0.3, -0.25) is 0 Å². The van der Waals surface area contributed by atoms with Gasteiger partial charge in [-0.25, -0.2) is 4.39 Å². The minimum atomic E-state index is -1.21. The summed E-state index contributed by atoms with van der Waals surface area (Å²) >= 11 is 0. The third-order valence-electron chi connectivity index (χ3n) is 1.52. The molecule has 1 N–H and O–H groups in total. The largest absolute Gasteiger partial charge is 0.389 e. The second-order valence-electron chi connectivity index (χ2n) is 2.32. The van der Waals surface area contributed by atoms with E-state index in [9.17, 15) is 9.18 Å². The third-order valence-corrected chi connectivity index (χ3v) is 1.52. The van der Waals surface area contributed by atoms with Gasteiger partial charge in [0.1, 0.15) is 6.17 Å². The molecule has 0 aromatic heterocycles. The lowest BCUT2D eigenvalue weighted by molar-refractivity contribution is 0.117. The molecular weight excluding hydrogens is 136 g/mol. The van der Waals surface area contributed by atoms with Gasteiger partial charge >= 0.3 is 0 Å². The van der Waals surface area contributed by atoms with Gasteiger partial charge < -0.3 is 14.7 Å². The highest BCUT2D eigenvalue weighted by Gasteiger charge is 2.30. The van der Waals surface area contributed by atoms with E-state index in [1.807, 2.05) is 0 Å². The van der Waals surface area contributed by atoms with Crippen LogP contribution in [0, 0.1) is 0 Å². The molecule has 0 amide bonds. The van der Waals surface area contributed by atoms with Gasteiger partial charge in [0.2, 0.25) is 0 Å². The van der Waals surface area contributed by atoms with Crippen molar-refractivity contribution in [2.24, 2.45) is 0 Å². The average molecular weight is 144 g/mol. The maximum atomic E-state index is 12.5. The number of carbonyl (C=O) groups excluding carboxylic acids is 1. The smallest absolute Gasteiger partial charge is 0.293 e. The fourth-order valence-corrected chi connectivity index (χ4v) is 0.983. The number of rotatable bonds is 2. The Morgan fingerprint density at radius 3 is 2.80 bits per heavy atom. The maximum absolute atomic E-state index is 12.5. The van der Waals surface area contributed by atoms with Crippen LogP contribution in [0.2, 0.25) is 0 Å². The van der Waals surface area contributed by atoms with Crippen LogP contribution in [0.3, 0.4) is 0 Å². The van der Waals surface area contributed by atoms with Gasteiger partial charge in [0.15, 0.2) is 0 Å². The number of nitrogens with zero attached hydrogens (tertiary/aromatic N) is 1. The minimum Gasteiger partial charge on any atom is -0.389 e. The monoisotopic (exact) mass is 144 g/mol. The van der Waals surface area contributed by atoms with E-state index in [-0.39, 0.29) is 13.1 Å². The van der Waals surface area contributed by atoms with Crippen LogP contribution >= 0.6 is 0 Å². The van der Waals surface area contributed by atoms with Gasteiger partial charge in [-0.15, -0.1) is 0 Å². The molecule has 1 rings (SSSR count). The van der Waals surface area contributed by atoms with Crippen molar-refractivity contribution in [2.75, 3.05) is 13.1 Å². The van der Waals surface area contributed by atoms with Crippen LogP contribution in [0.4, 0.5) is 4.39 Å². The molecule has 0 unspecified atom stereocenters. The summed E-state index contributed by atoms with van der Waals surface area (Å²) < 4.78 is 12.5. The molecule has 0 aromatic rings. The Balaban J connectivity index is 2.33. The lowest BCUT2D eigenvalue weighted by atomic mass is 9.96. The average Bonchev–Trinajstić information content (AvgIpc) is 2.14. The summed E-state index contributed by atoms with van der Waals surface area (Å²) in [6.45, 7) is 0.347. The summed E-state index contributed by atoms with van der Waals surface area (Å²) in [5.74, 6) is 0. The highest BCUT2D eigenvalue weighted by Crippen LogP contribution is 2.10. The summed E-state index contributed by atoms with van der Waals surface area (Å²) in [7, 11) is 1.24. The predicted octanol–water partition coefficient (Wildman–Crippen LogP) is -1.19. The number of carbonyl (C=O) groups is 1. The number of aliphatic hydroxyl groups excluding tert-OH is 1. The number of alkyl halides is 1. The van der Waals surface area contributed by atoms with Crippen molar-refractivity contribution < 1.29 is 14.3 Å². The number of hydrogen-bond donors (Lipinski definition) is 1. The number of β-amino-alcohol motifs (C(OH)–C–C–N with tert-alkyl or cyclic N) is 1. The molecule has 0 bridgehead atoms. The van der Waals surface area contributed by atoms with Crippen molar-refractivity contribution in [1.82, 2.24) is 4.81 Å². The zero-order valence-corrected chi connectivity index (χ0v) is 5.40. The molecule has 0 saturated carbocycles. The molecule has 2 atom stereocenters. The number of hydrogen-bond acceptors (Lipinski definition) is 3. The number of aliphatic hydroxyl groups is 1. The first-order valence-corrected chi connectivity index (χ1v) is 3.09. The van der Waals surface area contributed by atoms with Gasteiger partial charge in [0, 0.05) is 13.1 Å². The molecule has 10 heavy (non-hydrogen) atoms. The predicted molar refractivity (Wildman–Crippen MR) is 35.0 cm³/mol. The second kappa shape index (κ2) is 3.12. The van der Waals surface area contributed by atoms with E-state index in [2.05, 4.69) is 0 Å². The molecule has 1 heterocycles. The van der Waals surface area contributed by atoms with Gasteiger partial charge in [-0.2, -0.15) is 0 Å². The summed E-state index contributed by atoms with van der Waals surface area (Å²) in [4.78, 5) is 11.3. The normalized spacial score (nSPS) is 34.2. The molecule has 1 aliphatic rings. The summed E-state index contributed by atoms with van der Waals surface area (Å²) in [5.41, 5.74) is 0. The van der Waals surface area contributed by atoms with Crippen molar-refractivity contribution in [1.29, 1.82) is 0 Å². The Morgan fingerprint density at radius 1 is 1.70 bits per heavy atom. The SMILES string of the molecule is O=C[B]N1C[C@@H](O)[C@H](F)C1. The molecule has 0 spiro atoms. The zero-order chi connectivity index (χ0) is 7.56. The molecule has 0 aliphatic carbocycles. The van der Waals surface area contributed by atoms with E-state index < -0.39 is 12.3 Å². The van der Waals surface area contributed by atoms with Crippen molar-refractivity contribution in [2.45, 2.75) is 12.3 Å². The molecular formula is C5H8BFNO2. The first kappa shape index (κ1) is 7.69. The van der Waals surface area contributed by atoms with Gasteiger partial charge in [-0.1, -0.05) is 0 Å². The summed E-state index contributed by atoms with van der Waals surface area (Å²) in [5, 5.41) is 8.84. The lowest BCUT2D eigenvalue weighted by Gasteiger charge is -2.06. The van der Waals surface area contributed by atoms with Gasteiger partial charge in [-0.05, 0) is 0 Å². The maximum Gasteiger partial charge on any atom is 0.293 e. The standard InChI is InChI=1S/C5H8BFNO2/c7-4-1-8(6-3-9)2-5(4)10/h3-5,10H,1-2H2/t4-,5-/m1/s1. The van der Waals surface area contributed by atoms with Crippen LogP contribution in [0.5, 0.6) is 0 Å². The fraction of sp³-hybridized carbons (Fsp3) is 0.800. The molecule has 1 radical (unpaired) electrons. The van der Waals surface area contributed by atoms with E-state index in [1.54, 1.807) is 0 Å². The Kier molecular flexibility index (Phi) is 2.40. The zero-order valence-electron chi connectivity index (χ0n) is 5.40. The molecule has 5 heteroatoms. The van der Waals surface area contributed by atoms with E-state index >= 15 is 0 Å². The van der Waals surface area contributed by atoms with Crippen LogP contribution in [0.25, 0.3) is 0 Å². The van der Waals surface area contributed by atoms with Crippen molar-refractivity contribution in [3.63, 3.8) is 0 Å². The third kappa shape index (κ3) is 1.55. The van der Waals surface area contributed by atoms with Crippen LogP contribution in [-0.4, -0.2) is 48.9 Å². The molecule has 3 nitrogen and oxygen atoms in total. The Labute approximate surface area is 59.1 Å². The summed E-state index contributed by atoms with van der Waals surface area (Å²) in [6, 6.07) is 0. The van der Waals surface area contributed by atoms with E-state index in [4.69, 9.17) is 5.11 Å². The molecule has 55 valence electrons. The van der Waals surface area contributed by atoms with Crippen molar-refractivity contribution >= 4 is 13.6 Å². The van der Waals surface area contributed by atoms with Crippen molar-refractivity contribution in [3.8, 4) is 0 Å². The first-order chi connectivity index (χ1) is 4.74. The van der Waals surface area contributed by atoms with Crippen LogP contribution < -0.4 is 0 Å². The molecule has 1 aliphatic heterocycles. The first-order valence-electron chi connectivity index (χ1n) is 3.09. The fourth-order valence-electron chi connectivity index (χ4n) is 0.983. The highest BCUT2D eigenvalue weighted by molar-refractivity contribution is 6.64. The second-order valence-corrected chi connectivity index (χ2v) is 2.32. The molecule has 0 aromatic carbocycles. The summed E-state index contributed by atoms with van der Waals surface area (Å²) in [6.07, 6.45) is -1.56. The quantitative estimate of drug-likeness (QED) is 0.391. The van der Waals surface area contributed by atoms with E-state index in [0.29, 0.717) is 6.19 Å². The Bertz CT molecular complexity index is 125. The Morgan fingerprint density at radius 2 is 2.40 bits per heavy atom. The Hall–Kier alpha value is -0.415. The molecule has 1 saturated heterocycles. The van der Waals surface area contributed by atoms with Gasteiger partial charge in [0.25, 0.3) is 7.41 Å².